The van der Waals surface area contributed by atoms with Gasteiger partial charge in [-0.1, -0.05) is 0 Å². The zero-order chi connectivity index (χ0) is 14.3. The van der Waals surface area contributed by atoms with Crippen molar-refractivity contribution in [3.8, 4) is 0 Å². The number of amides is 2. The maximum absolute atomic E-state index is 11.8. The Kier molecular flexibility index (Phi) is 5.74. The molecule has 104 valence electrons. The number of carboxylic acids is 1. The lowest BCUT2D eigenvalue weighted by Crippen LogP contribution is -2.48. The van der Waals surface area contributed by atoms with Crippen molar-refractivity contribution in [3.63, 3.8) is 0 Å². The van der Waals surface area contributed by atoms with Gasteiger partial charge in [0.15, 0.2) is 6.04 Å². The van der Waals surface area contributed by atoms with Crippen molar-refractivity contribution in [2.45, 2.75) is 12.6 Å². The number of rotatable bonds is 6. The van der Waals surface area contributed by atoms with Gasteiger partial charge in [0, 0.05) is 33.1 Å². The standard InChI is InChI=1S/C12H17N3O4/c1-15(7-9-3-5-13-6-4-9)12(18)14-10(8-19-2)11(16)17/h3-6,10H,7-8H2,1-2H3,(H,14,18)(H,16,17). The third-order valence-electron chi connectivity index (χ3n) is 2.44. The summed E-state index contributed by atoms with van der Waals surface area (Å²) in [5.74, 6) is -1.13. The number of carbonyl (C=O) groups is 2. The largest absolute Gasteiger partial charge is 0.480 e. The molecule has 7 heteroatoms. The molecule has 0 saturated carbocycles. The second-order valence-electron chi connectivity index (χ2n) is 4.01. The van der Waals surface area contributed by atoms with E-state index in [2.05, 4.69) is 10.3 Å². The van der Waals surface area contributed by atoms with E-state index >= 15 is 0 Å². The highest BCUT2D eigenvalue weighted by molar-refractivity contribution is 5.82. The minimum Gasteiger partial charge on any atom is -0.480 e. The topological polar surface area (TPSA) is 91.8 Å². The minimum absolute atomic E-state index is 0.0792. The van der Waals surface area contributed by atoms with Crippen molar-refractivity contribution in [2.75, 3.05) is 20.8 Å². The second kappa shape index (κ2) is 7.32. The zero-order valence-corrected chi connectivity index (χ0v) is 10.9. The SMILES string of the molecule is COCC(NC(=O)N(C)Cc1ccncc1)C(=O)O. The molecule has 2 N–H and O–H groups in total. The number of hydrogen-bond acceptors (Lipinski definition) is 4. The highest BCUT2D eigenvalue weighted by atomic mass is 16.5. The monoisotopic (exact) mass is 267 g/mol. The van der Waals surface area contributed by atoms with Crippen LogP contribution in [0.15, 0.2) is 24.5 Å². The zero-order valence-electron chi connectivity index (χ0n) is 10.9. The van der Waals surface area contributed by atoms with Crippen molar-refractivity contribution < 1.29 is 19.4 Å². The van der Waals surface area contributed by atoms with Gasteiger partial charge in [0.1, 0.15) is 0 Å². The first-order valence-corrected chi connectivity index (χ1v) is 5.67. The van der Waals surface area contributed by atoms with Gasteiger partial charge < -0.3 is 20.1 Å². The summed E-state index contributed by atoms with van der Waals surface area (Å²) in [6, 6.07) is 2.04. The molecule has 0 fully saturated rings. The van der Waals surface area contributed by atoms with Crippen molar-refractivity contribution in [1.29, 1.82) is 0 Å². The first-order valence-electron chi connectivity index (χ1n) is 5.67. The summed E-state index contributed by atoms with van der Waals surface area (Å²) < 4.78 is 4.74. The Hall–Kier alpha value is -2.15. The van der Waals surface area contributed by atoms with Gasteiger partial charge in [0.2, 0.25) is 0 Å². The van der Waals surface area contributed by atoms with Gasteiger partial charge in [0.05, 0.1) is 6.61 Å². The lowest BCUT2D eigenvalue weighted by atomic mass is 10.2. The van der Waals surface area contributed by atoms with Gasteiger partial charge in [-0.2, -0.15) is 0 Å². The number of ether oxygens (including phenoxy) is 1. The van der Waals surface area contributed by atoms with Crippen LogP contribution < -0.4 is 5.32 Å². The van der Waals surface area contributed by atoms with Crippen LogP contribution in [-0.4, -0.2) is 53.8 Å². The molecule has 0 aromatic carbocycles. The predicted molar refractivity (Wildman–Crippen MR) is 67.5 cm³/mol. The summed E-state index contributed by atoms with van der Waals surface area (Å²) in [5.41, 5.74) is 0.909. The quantitative estimate of drug-likeness (QED) is 0.774. The van der Waals surface area contributed by atoms with E-state index in [0.717, 1.165) is 5.56 Å². The molecule has 0 spiro atoms. The molecule has 2 amide bonds. The van der Waals surface area contributed by atoms with Crippen LogP contribution >= 0.6 is 0 Å². The predicted octanol–water partition coefficient (Wildman–Crippen LogP) is 0.323. The van der Waals surface area contributed by atoms with Crippen molar-refractivity contribution >= 4 is 12.0 Å². The second-order valence-corrected chi connectivity index (χ2v) is 4.01. The van der Waals surface area contributed by atoms with E-state index in [4.69, 9.17) is 9.84 Å². The van der Waals surface area contributed by atoms with Crippen molar-refractivity contribution in [3.05, 3.63) is 30.1 Å². The molecule has 19 heavy (non-hydrogen) atoms. The van der Waals surface area contributed by atoms with Crippen LogP contribution in [0.5, 0.6) is 0 Å². The minimum atomic E-state index is -1.13. The van der Waals surface area contributed by atoms with Crippen LogP contribution in [0.4, 0.5) is 4.79 Å². The fourth-order valence-corrected chi connectivity index (χ4v) is 1.43. The van der Waals surface area contributed by atoms with E-state index in [-0.39, 0.29) is 6.61 Å². The Morgan fingerprint density at radius 1 is 1.47 bits per heavy atom. The van der Waals surface area contributed by atoms with E-state index in [0.29, 0.717) is 6.54 Å². The van der Waals surface area contributed by atoms with Gasteiger partial charge in [0.25, 0.3) is 0 Å². The number of carboxylic acid groups (broad SMARTS) is 1. The average molecular weight is 267 g/mol. The molecule has 1 rings (SSSR count). The van der Waals surface area contributed by atoms with E-state index in [1.165, 1.54) is 12.0 Å². The van der Waals surface area contributed by atoms with E-state index in [1.807, 2.05) is 0 Å². The maximum atomic E-state index is 11.8. The summed E-state index contributed by atoms with van der Waals surface area (Å²) in [5, 5.41) is 11.3. The lowest BCUT2D eigenvalue weighted by Gasteiger charge is -2.21. The molecule has 0 aliphatic rings. The molecular formula is C12H17N3O4. The third-order valence-corrected chi connectivity index (χ3v) is 2.44. The van der Waals surface area contributed by atoms with E-state index < -0.39 is 18.0 Å². The highest BCUT2D eigenvalue weighted by Crippen LogP contribution is 2.01. The lowest BCUT2D eigenvalue weighted by molar-refractivity contribution is -0.140. The van der Waals surface area contributed by atoms with Gasteiger partial charge in [-0.3, -0.25) is 4.98 Å². The molecule has 7 nitrogen and oxygen atoms in total. The molecule has 0 aliphatic carbocycles. The summed E-state index contributed by atoms with van der Waals surface area (Å²) in [6.45, 7) is 0.290. The Balaban J connectivity index is 2.54. The number of nitrogens with one attached hydrogen (secondary N) is 1. The fourth-order valence-electron chi connectivity index (χ4n) is 1.43. The van der Waals surface area contributed by atoms with Gasteiger partial charge >= 0.3 is 12.0 Å². The van der Waals surface area contributed by atoms with Crippen LogP contribution in [-0.2, 0) is 16.1 Å². The van der Waals surface area contributed by atoms with Crippen molar-refractivity contribution in [1.82, 2.24) is 15.2 Å². The van der Waals surface area contributed by atoms with Crippen LogP contribution in [0, 0.1) is 0 Å². The summed E-state index contributed by atoms with van der Waals surface area (Å²) in [7, 11) is 2.96. The molecule has 0 aliphatic heterocycles. The number of pyridine rings is 1. The Bertz CT molecular complexity index is 424. The first-order chi connectivity index (χ1) is 9.04. The Labute approximate surface area is 111 Å². The number of aliphatic carboxylic acids is 1. The number of hydrogen-bond donors (Lipinski definition) is 2. The van der Waals surface area contributed by atoms with Gasteiger partial charge in [-0.25, -0.2) is 9.59 Å². The molecule has 0 bridgehead atoms. The fraction of sp³-hybridized carbons (Fsp3) is 0.417. The number of methoxy groups -OCH3 is 1. The molecule has 1 aromatic heterocycles. The number of nitrogens with zero attached hydrogens (tertiary/aromatic N) is 2. The van der Waals surface area contributed by atoms with E-state index in [9.17, 15) is 9.59 Å². The highest BCUT2D eigenvalue weighted by Gasteiger charge is 2.21. The summed E-state index contributed by atoms with van der Waals surface area (Å²) in [4.78, 5) is 28.0. The molecule has 1 atom stereocenters. The number of urea groups is 1. The van der Waals surface area contributed by atoms with Crippen LogP contribution in [0.2, 0.25) is 0 Å². The normalized spacial score (nSPS) is 11.7. The third kappa shape index (κ3) is 4.92. The summed E-state index contributed by atoms with van der Waals surface area (Å²) in [6.07, 6.45) is 3.26. The number of aromatic nitrogens is 1. The van der Waals surface area contributed by atoms with Crippen LogP contribution in [0.25, 0.3) is 0 Å². The molecule has 0 saturated heterocycles. The van der Waals surface area contributed by atoms with Crippen LogP contribution in [0.3, 0.4) is 0 Å². The number of carbonyl (C=O) groups excluding carboxylic acids is 1. The molecule has 1 aromatic rings. The van der Waals surface area contributed by atoms with Gasteiger partial charge in [-0.15, -0.1) is 0 Å². The van der Waals surface area contributed by atoms with Crippen LogP contribution in [0.1, 0.15) is 5.56 Å². The summed E-state index contributed by atoms with van der Waals surface area (Å²) >= 11 is 0. The molecule has 0 radical (unpaired) electrons. The Morgan fingerprint density at radius 3 is 2.63 bits per heavy atom. The van der Waals surface area contributed by atoms with Crippen molar-refractivity contribution in [2.24, 2.45) is 0 Å². The smallest absolute Gasteiger partial charge is 0.328 e. The molecule has 1 heterocycles. The van der Waals surface area contributed by atoms with E-state index in [1.54, 1.807) is 31.6 Å². The molecular weight excluding hydrogens is 250 g/mol. The molecule has 1 unspecified atom stereocenters. The maximum Gasteiger partial charge on any atom is 0.328 e. The first kappa shape index (κ1) is 14.9. The average Bonchev–Trinajstić information content (AvgIpc) is 2.39. The van der Waals surface area contributed by atoms with Gasteiger partial charge in [-0.05, 0) is 17.7 Å². The Morgan fingerprint density at radius 2 is 2.11 bits per heavy atom.